The molecule has 1 atom stereocenters. The second-order valence-electron chi connectivity index (χ2n) is 8.73. The molecule has 4 rings (SSSR count). The number of rotatable bonds is 6. The quantitative estimate of drug-likeness (QED) is 0.670. The molecule has 5 nitrogen and oxygen atoms in total. The summed E-state index contributed by atoms with van der Waals surface area (Å²) in [6, 6.07) is 14.8. The first-order valence-electron chi connectivity index (χ1n) is 11.4. The van der Waals surface area contributed by atoms with Gasteiger partial charge in [-0.15, -0.1) is 0 Å². The number of para-hydroxylation sites is 1. The van der Waals surface area contributed by atoms with Crippen LogP contribution in [-0.4, -0.2) is 51.2 Å². The zero-order chi connectivity index (χ0) is 21.8. The van der Waals surface area contributed by atoms with Crippen LogP contribution in [0.4, 0.5) is 5.69 Å². The number of amides is 1. The molecule has 1 fully saturated rings. The zero-order valence-electron chi connectivity index (χ0n) is 19.0. The van der Waals surface area contributed by atoms with Crippen LogP contribution >= 0.6 is 0 Å². The maximum atomic E-state index is 12.0. The molecule has 0 saturated carbocycles. The Morgan fingerprint density at radius 2 is 1.71 bits per heavy atom. The van der Waals surface area contributed by atoms with Crippen molar-refractivity contribution in [3.8, 4) is 11.5 Å². The molecular weight excluding hydrogens is 388 g/mol. The lowest BCUT2D eigenvalue weighted by atomic mass is 9.86. The normalized spacial score (nSPS) is 19.7. The van der Waals surface area contributed by atoms with Gasteiger partial charge in [0.05, 0.1) is 14.2 Å². The lowest BCUT2D eigenvalue weighted by Crippen LogP contribution is -2.37. The van der Waals surface area contributed by atoms with Gasteiger partial charge in [0.25, 0.3) is 0 Å². The van der Waals surface area contributed by atoms with E-state index in [4.69, 9.17) is 9.47 Å². The number of piperidine rings is 1. The van der Waals surface area contributed by atoms with Crippen molar-refractivity contribution < 1.29 is 14.3 Å². The van der Waals surface area contributed by atoms with Crippen molar-refractivity contribution in [2.45, 2.75) is 44.4 Å². The molecule has 31 heavy (non-hydrogen) atoms. The van der Waals surface area contributed by atoms with Crippen molar-refractivity contribution in [2.24, 2.45) is 0 Å². The van der Waals surface area contributed by atoms with Crippen molar-refractivity contribution in [1.82, 2.24) is 4.90 Å². The van der Waals surface area contributed by atoms with E-state index in [0.29, 0.717) is 11.8 Å². The van der Waals surface area contributed by atoms with E-state index in [1.165, 1.54) is 24.0 Å². The molecule has 2 aromatic carbocycles. The third-order valence-corrected chi connectivity index (χ3v) is 7.01. The molecule has 0 radical (unpaired) electrons. The van der Waals surface area contributed by atoms with Gasteiger partial charge < -0.3 is 19.3 Å². The number of carbonyl (C=O) groups is 1. The standard InChI is InChI=1S/C26H34N2O3/c1-19(29)28-17-13-21(23-6-4-5-7-24(23)28)12-16-27-14-10-20(11-15-27)22-8-9-25(30-2)26(18-22)31-3/h4-9,18,20-21H,10-17H2,1-3H3. The van der Waals surface area contributed by atoms with Gasteiger partial charge in [-0.3, -0.25) is 4.79 Å². The Labute approximate surface area is 185 Å². The molecule has 1 unspecified atom stereocenters. The van der Waals surface area contributed by atoms with E-state index in [1.54, 1.807) is 21.1 Å². The molecule has 2 aliphatic rings. The monoisotopic (exact) mass is 422 g/mol. The minimum atomic E-state index is 0.142. The van der Waals surface area contributed by atoms with Crippen LogP contribution in [-0.2, 0) is 4.79 Å². The van der Waals surface area contributed by atoms with Crippen molar-refractivity contribution in [2.75, 3.05) is 45.3 Å². The van der Waals surface area contributed by atoms with E-state index in [2.05, 4.69) is 35.2 Å². The molecule has 0 aromatic heterocycles. The number of likely N-dealkylation sites (tertiary alicyclic amines) is 1. The molecular formula is C26H34N2O3. The summed E-state index contributed by atoms with van der Waals surface area (Å²) in [6.45, 7) is 5.88. The van der Waals surface area contributed by atoms with Gasteiger partial charge in [0.15, 0.2) is 11.5 Å². The Balaban J connectivity index is 1.33. The summed E-state index contributed by atoms with van der Waals surface area (Å²) >= 11 is 0. The van der Waals surface area contributed by atoms with Crippen LogP contribution in [0.2, 0.25) is 0 Å². The highest BCUT2D eigenvalue weighted by Crippen LogP contribution is 2.38. The summed E-state index contributed by atoms with van der Waals surface area (Å²) in [5.41, 5.74) is 3.80. The lowest BCUT2D eigenvalue weighted by Gasteiger charge is -2.36. The number of carbonyl (C=O) groups excluding carboxylic acids is 1. The number of nitrogens with zero attached hydrogens (tertiary/aromatic N) is 2. The van der Waals surface area contributed by atoms with Crippen molar-refractivity contribution >= 4 is 11.6 Å². The van der Waals surface area contributed by atoms with E-state index < -0.39 is 0 Å². The maximum absolute atomic E-state index is 12.0. The number of fused-ring (bicyclic) bond motifs is 1. The fourth-order valence-electron chi connectivity index (χ4n) is 5.20. The first-order valence-corrected chi connectivity index (χ1v) is 11.4. The van der Waals surface area contributed by atoms with Crippen molar-refractivity contribution in [3.63, 3.8) is 0 Å². The van der Waals surface area contributed by atoms with E-state index in [-0.39, 0.29) is 5.91 Å². The summed E-state index contributed by atoms with van der Waals surface area (Å²) in [5.74, 6) is 2.87. The van der Waals surface area contributed by atoms with E-state index in [0.717, 1.165) is 56.2 Å². The number of ether oxygens (including phenoxy) is 2. The second-order valence-corrected chi connectivity index (χ2v) is 8.73. The van der Waals surface area contributed by atoms with Crippen LogP contribution in [0.3, 0.4) is 0 Å². The predicted molar refractivity (Wildman–Crippen MR) is 124 cm³/mol. The van der Waals surface area contributed by atoms with Crippen molar-refractivity contribution in [3.05, 3.63) is 53.6 Å². The molecule has 5 heteroatoms. The first-order chi connectivity index (χ1) is 15.1. The summed E-state index contributed by atoms with van der Waals surface area (Å²) < 4.78 is 10.9. The van der Waals surface area contributed by atoms with Crippen molar-refractivity contribution in [1.29, 1.82) is 0 Å². The number of hydrogen-bond acceptors (Lipinski definition) is 4. The molecule has 2 aliphatic heterocycles. The van der Waals surface area contributed by atoms with Gasteiger partial charge in [0.2, 0.25) is 5.91 Å². The Bertz CT molecular complexity index is 905. The number of anilines is 1. The molecule has 0 spiro atoms. The molecule has 1 amide bonds. The van der Waals surface area contributed by atoms with E-state index >= 15 is 0 Å². The Kier molecular flexibility index (Phi) is 6.81. The minimum Gasteiger partial charge on any atom is -0.493 e. The molecule has 0 N–H and O–H groups in total. The minimum absolute atomic E-state index is 0.142. The SMILES string of the molecule is COc1ccc(C2CCN(CCC3CCN(C(C)=O)c4ccccc43)CC2)cc1OC. The summed E-state index contributed by atoms with van der Waals surface area (Å²) in [6.07, 6.45) is 4.56. The highest BCUT2D eigenvalue weighted by Gasteiger charge is 2.28. The predicted octanol–water partition coefficient (Wildman–Crippen LogP) is 4.81. The van der Waals surface area contributed by atoms with Gasteiger partial charge in [-0.05, 0) is 86.5 Å². The van der Waals surface area contributed by atoms with Gasteiger partial charge in [-0.1, -0.05) is 24.3 Å². The first kappa shape index (κ1) is 21.7. The van der Waals surface area contributed by atoms with Crippen LogP contribution < -0.4 is 14.4 Å². The highest BCUT2D eigenvalue weighted by molar-refractivity contribution is 5.93. The number of methoxy groups -OCH3 is 2. The average molecular weight is 423 g/mol. The highest BCUT2D eigenvalue weighted by atomic mass is 16.5. The van der Waals surface area contributed by atoms with Gasteiger partial charge in [-0.25, -0.2) is 0 Å². The van der Waals surface area contributed by atoms with Gasteiger partial charge >= 0.3 is 0 Å². The molecule has 2 heterocycles. The van der Waals surface area contributed by atoms with E-state index in [1.807, 2.05) is 17.0 Å². The third kappa shape index (κ3) is 4.72. The Morgan fingerprint density at radius 1 is 0.968 bits per heavy atom. The number of benzene rings is 2. The molecule has 0 aliphatic carbocycles. The number of hydrogen-bond donors (Lipinski definition) is 0. The summed E-state index contributed by atoms with van der Waals surface area (Å²) in [4.78, 5) is 16.5. The van der Waals surface area contributed by atoms with Gasteiger partial charge in [0.1, 0.15) is 0 Å². The molecule has 2 aromatic rings. The molecule has 1 saturated heterocycles. The Morgan fingerprint density at radius 3 is 2.42 bits per heavy atom. The zero-order valence-corrected chi connectivity index (χ0v) is 19.0. The maximum Gasteiger partial charge on any atom is 0.223 e. The van der Waals surface area contributed by atoms with Crippen LogP contribution in [0.15, 0.2) is 42.5 Å². The largest absolute Gasteiger partial charge is 0.493 e. The van der Waals surface area contributed by atoms with E-state index in [9.17, 15) is 4.79 Å². The van der Waals surface area contributed by atoms with Gasteiger partial charge in [-0.2, -0.15) is 0 Å². The van der Waals surface area contributed by atoms with Gasteiger partial charge in [0, 0.05) is 19.2 Å². The van der Waals surface area contributed by atoms with Crippen LogP contribution in [0.25, 0.3) is 0 Å². The second kappa shape index (κ2) is 9.73. The van der Waals surface area contributed by atoms with Crippen LogP contribution in [0, 0.1) is 0 Å². The Hall–Kier alpha value is -2.53. The molecule has 0 bridgehead atoms. The summed E-state index contributed by atoms with van der Waals surface area (Å²) in [5, 5.41) is 0. The topological polar surface area (TPSA) is 42.0 Å². The third-order valence-electron chi connectivity index (χ3n) is 7.01. The average Bonchev–Trinajstić information content (AvgIpc) is 2.82. The lowest BCUT2D eigenvalue weighted by molar-refractivity contribution is -0.116. The smallest absolute Gasteiger partial charge is 0.223 e. The van der Waals surface area contributed by atoms with Crippen LogP contribution in [0.1, 0.15) is 55.6 Å². The fraction of sp³-hybridized carbons (Fsp3) is 0.500. The van der Waals surface area contributed by atoms with Crippen LogP contribution in [0.5, 0.6) is 11.5 Å². The summed E-state index contributed by atoms with van der Waals surface area (Å²) in [7, 11) is 3.38. The fourth-order valence-corrected chi connectivity index (χ4v) is 5.20. The molecule has 166 valence electrons.